The quantitative estimate of drug-likeness (QED) is 0.938. The van der Waals surface area contributed by atoms with Crippen LogP contribution in [0.15, 0.2) is 48.5 Å². The number of carbonyl (C=O) groups is 1. The fourth-order valence-corrected chi connectivity index (χ4v) is 2.34. The van der Waals surface area contributed by atoms with Gasteiger partial charge in [0, 0.05) is 0 Å². The Morgan fingerprint density at radius 1 is 1.14 bits per heavy atom. The summed E-state index contributed by atoms with van der Waals surface area (Å²) in [4.78, 5) is 12.1. The number of benzene rings is 2. The zero-order valence-electron chi connectivity index (χ0n) is 11.8. The Kier molecular flexibility index (Phi) is 3.77. The van der Waals surface area contributed by atoms with Gasteiger partial charge in [-0.05, 0) is 30.2 Å². The average molecular weight is 283 g/mol. The van der Waals surface area contributed by atoms with Crippen LogP contribution in [0.2, 0.25) is 0 Å². The molecule has 0 aliphatic carbocycles. The highest BCUT2D eigenvalue weighted by Gasteiger charge is 2.16. The fourth-order valence-electron chi connectivity index (χ4n) is 2.34. The van der Waals surface area contributed by atoms with E-state index in [4.69, 9.17) is 9.47 Å². The third-order valence-corrected chi connectivity index (χ3v) is 3.48. The predicted octanol–water partition coefficient (Wildman–Crippen LogP) is 2.84. The monoisotopic (exact) mass is 283 g/mol. The standard InChI is InChI=1S/C17H17NO3/c1-12(14-7-8-15-16(10-14)21-11-20-15)18-17(19)9-13-5-3-2-4-6-13/h2-8,10,12H,9,11H2,1H3,(H,18,19)/t12-/m1/s1. The number of hydrogen-bond donors (Lipinski definition) is 1. The molecule has 3 rings (SSSR count). The van der Waals surface area contributed by atoms with Crippen LogP contribution in [0.4, 0.5) is 0 Å². The van der Waals surface area contributed by atoms with Crippen molar-refractivity contribution in [2.45, 2.75) is 19.4 Å². The normalized spacial score (nSPS) is 13.8. The van der Waals surface area contributed by atoms with Crippen LogP contribution in [0.5, 0.6) is 11.5 Å². The number of hydrogen-bond acceptors (Lipinski definition) is 3. The van der Waals surface area contributed by atoms with E-state index in [0.29, 0.717) is 6.42 Å². The summed E-state index contributed by atoms with van der Waals surface area (Å²) in [5.41, 5.74) is 2.01. The Hall–Kier alpha value is -2.49. The first-order valence-corrected chi connectivity index (χ1v) is 6.95. The molecule has 1 N–H and O–H groups in total. The highest BCUT2D eigenvalue weighted by molar-refractivity contribution is 5.79. The molecular weight excluding hydrogens is 266 g/mol. The predicted molar refractivity (Wildman–Crippen MR) is 79.3 cm³/mol. The van der Waals surface area contributed by atoms with E-state index >= 15 is 0 Å². The maximum absolute atomic E-state index is 12.1. The molecule has 0 aromatic heterocycles. The van der Waals surface area contributed by atoms with Crippen LogP contribution in [-0.4, -0.2) is 12.7 Å². The van der Waals surface area contributed by atoms with E-state index in [2.05, 4.69) is 5.32 Å². The zero-order chi connectivity index (χ0) is 14.7. The number of fused-ring (bicyclic) bond motifs is 1. The van der Waals surface area contributed by atoms with Crippen LogP contribution >= 0.6 is 0 Å². The van der Waals surface area contributed by atoms with Crippen molar-refractivity contribution in [3.8, 4) is 11.5 Å². The molecule has 1 aliphatic rings. The maximum Gasteiger partial charge on any atom is 0.231 e. The van der Waals surface area contributed by atoms with Crippen molar-refractivity contribution in [1.82, 2.24) is 5.32 Å². The third-order valence-electron chi connectivity index (χ3n) is 3.48. The number of nitrogens with one attached hydrogen (secondary N) is 1. The first kappa shape index (κ1) is 13.5. The molecule has 1 amide bonds. The molecule has 4 heteroatoms. The minimum atomic E-state index is -0.0734. The molecule has 0 saturated carbocycles. The van der Waals surface area contributed by atoms with E-state index in [9.17, 15) is 4.79 Å². The fraction of sp³-hybridized carbons (Fsp3) is 0.235. The molecule has 2 aromatic rings. The highest BCUT2D eigenvalue weighted by Crippen LogP contribution is 2.34. The van der Waals surface area contributed by atoms with Crippen LogP contribution < -0.4 is 14.8 Å². The lowest BCUT2D eigenvalue weighted by molar-refractivity contribution is -0.121. The Morgan fingerprint density at radius 2 is 1.90 bits per heavy atom. The molecule has 4 nitrogen and oxygen atoms in total. The van der Waals surface area contributed by atoms with Crippen molar-refractivity contribution in [2.75, 3.05) is 6.79 Å². The summed E-state index contributed by atoms with van der Waals surface area (Å²) in [7, 11) is 0. The van der Waals surface area contributed by atoms with Gasteiger partial charge < -0.3 is 14.8 Å². The van der Waals surface area contributed by atoms with Gasteiger partial charge in [0.15, 0.2) is 11.5 Å². The van der Waals surface area contributed by atoms with Crippen LogP contribution in [0, 0.1) is 0 Å². The maximum atomic E-state index is 12.1. The molecule has 1 aliphatic heterocycles. The SMILES string of the molecule is C[C@@H](NC(=O)Cc1ccccc1)c1ccc2c(c1)OCO2. The number of ether oxygens (including phenoxy) is 2. The van der Waals surface area contributed by atoms with Gasteiger partial charge in [-0.1, -0.05) is 36.4 Å². The largest absolute Gasteiger partial charge is 0.454 e. The lowest BCUT2D eigenvalue weighted by Crippen LogP contribution is -2.28. The van der Waals surface area contributed by atoms with E-state index < -0.39 is 0 Å². The van der Waals surface area contributed by atoms with Crippen LogP contribution in [0.1, 0.15) is 24.1 Å². The summed E-state index contributed by atoms with van der Waals surface area (Å²) >= 11 is 0. The molecule has 1 heterocycles. The Bertz CT molecular complexity index is 640. The minimum Gasteiger partial charge on any atom is -0.454 e. The summed E-state index contributed by atoms with van der Waals surface area (Å²) in [6, 6.07) is 15.4. The molecule has 0 spiro atoms. The van der Waals surface area contributed by atoms with Gasteiger partial charge in [0.1, 0.15) is 0 Å². The molecule has 0 unspecified atom stereocenters. The molecule has 21 heavy (non-hydrogen) atoms. The van der Waals surface area contributed by atoms with E-state index in [-0.39, 0.29) is 18.7 Å². The first-order valence-electron chi connectivity index (χ1n) is 6.95. The van der Waals surface area contributed by atoms with Gasteiger partial charge in [-0.2, -0.15) is 0 Å². The Balaban J connectivity index is 1.63. The number of carbonyl (C=O) groups excluding carboxylic acids is 1. The van der Waals surface area contributed by atoms with Crippen LogP contribution in [0.25, 0.3) is 0 Å². The van der Waals surface area contributed by atoms with Gasteiger partial charge in [0.2, 0.25) is 12.7 Å². The van der Waals surface area contributed by atoms with Gasteiger partial charge in [0.05, 0.1) is 12.5 Å². The second kappa shape index (κ2) is 5.87. The van der Waals surface area contributed by atoms with Crippen LogP contribution in [-0.2, 0) is 11.2 Å². The summed E-state index contributed by atoms with van der Waals surface area (Å²) < 4.78 is 10.6. The van der Waals surface area contributed by atoms with Crippen molar-refractivity contribution in [1.29, 1.82) is 0 Å². The van der Waals surface area contributed by atoms with Gasteiger partial charge in [-0.3, -0.25) is 4.79 Å². The Morgan fingerprint density at radius 3 is 2.71 bits per heavy atom. The lowest BCUT2D eigenvalue weighted by Gasteiger charge is -2.15. The topological polar surface area (TPSA) is 47.6 Å². The minimum absolute atomic E-state index is 0.00590. The number of amides is 1. The van der Waals surface area contributed by atoms with Crippen LogP contribution in [0.3, 0.4) is 0 Å². The van der Waals surface area contributed by atoms with E-state index in [1.807, 2.05) is 55.5 Å². The summed E-state index contributed by atoms with van der Waals surface area (Å²) in [6.07, 6.45) is 0.385. The number of rotatable bonds is 4. The van der Waals surface area contributed by atoms with E-state index in [0.717, 1.165) is 22.6 Å². The lowest BCUT2D eigenvalue weighted by atomic mass is 10.1. The summed E-state index contributed by atoms with van der Waals surface area (Å²) in [5, 5.41) is 3.00. The van der Waals surface area contributed by atoms with Crippen molar-refractivity contribution >= 4 is 5.91 Å². The zero-order valence-corrected chi connectivity index (χ0v) is 11.8. The second-order valence-corrected chi connectivity index (χ2v) is 5.06. The summed E-state index contributed by atoms with van der Waals surface area (Å²) in [5.74, 6) is 1.49. The van der Waals surface area contributed by atoms with Crippen molar-refractivity contribution in [3.05, 3.63) is 59.7 Å². The van der Waals surface area contributed by atoms with E-state index in [1.54, 1.807) is 0 Å². The Labute approximate surface area is 123 Å². The van der Waals surface area contributed by atoms with Crippen molar-refractivity contribution in [3.63, 3.8) is 0 Å². The average Bonchev–Trinajstić information content (AvgIpc) is 2.95. The van der Waals surface area contributed by atoms with Crippen molar-refractivity contribution < 1.29 is 14.3 Å². The molecule has 2 aromatic carbocycles. The smallest absolute Gasteiger partial charge is 0.231 e. The molecule has 0 bridgehead atoms. The molecule has 108 valence electrons. The molecule has 1 atom stereocenters. The van der Waals surface area contributed by atoms with E-state index in [1.165, 1.54) is 0 Å². The van der Waals surface area contributed by atoms with Gasteiger partial charge in [-0.25, -0.2) is 0 Å². The van der Waals surface area contributed by atoms with Gasteiger partial charge in [-0.15, -0.1) is 0 Å². The molecule has 0 saturated heterocycles. The first-order chi connectivity index (χ1) is 10.2. The highest BCUT2D eigenvalue weighted by atomic mass is 16.7. The van der Waals surface area contributed by atoms with Crippen molar-refractivity contribution in [2.24, 2.45) is 0 Å². The van der Waals surface area contributed by atoms with Gasteiger partial charge in [0.25, 0.3) is 0 Å². The molecule has 0 fully saturated rings. The summed E-state index contributed by atoms with van der Waals surface area (Å²) in [6.45, 7) is 2.22. The molecule has 0 radical (unpaired) electrons. The van der Waals surface area contributed by atoms with Gasteiger partial charge >= 0.3 is 0 Å². The second-order valence-electron chi connectivity index (χ2n) is 5.06. The molecular formula is C17H17NO3. The third kappa shape index (κ3) is 3.16.